The van der Waals surface area contributed by atoms with Gasteiger partial charge in [-0.2, -0.15) is 8.75 Å². The van der Waals surface area contributed by atoms with Crippen LogP contribution >= 0.6 is 11.7 Å². The van der Waals surface area contributed by atoms with Crippen molar-refractivity contribution < 1.29 is 15.0 Å². The Kier molecular flexibility index (Phi) is 7.04. The molecule has 4 N–H and O–H groups in total. The van der Waals surface area contributed by atoms with E-state index in [1.54, 1.807) is 23.1 Å². The maximum atomic E-state index is 13.0. The lowest BCUT2D eigenvalue weighted by atomic mass is 9.82. The molecule has 1 fully saturated rings. The third kappa shape index (κ3) is 5.31. The molecule has 1 aliphatic heterocycles. The number of aliphatic hydroxyl groups excluding tert-OH is 1. The van der Waals surface area contributed by atoms with E-state index >= 15 is 0 Å². The van der Waals surface area contributed by atoms with Gasteiger partial charge in [0.2, 0.25) is 0 Å². The van der Waals surface area contributed by atoms with E-state index in [1.807, 2.05) is 18.2 Å². The number of aromatic hydroxyl groups is 1. The molecule has 2 aromatic carbocycles. The van der Waals surface area contributed by atoms with Crippen molar-refractivity contribution in [2.24, 2.45) is 5.41 Å². The highest BCUT2D eigenvalue weighted by Gasteiger charge is 2.29. The van der Waals surface area contributed by atoms with Crippen LogP contribution in [0.25, 0.3) is 0 Å². The van der Waals surface area contributed by atoms with Crippen molar-refractivity contribution in [2.45, 2.75) is 45.8 Å². The summed E-state index contributed by atoms with van der Waals surface area (Å²) in [7, 11) is 0. The predicted octanol–water partition coefficient (Wildman–Crippen LogP) is 4.78. The summed E-state index contributed by atoms with van der Waals surface area (Å²) in [6.07, 6.45) is 0.889. The fraction of sp³-hybridized carbons (Fsp3) is 0.400. The van der Waals surface area contributed by atoms with Crippen molar-refractivity contribution in [3.63, 3.8) is 0 Å². The minimum atomic E-state index is -0.531. The number of nitrogens with zero attached hydrogens (tertiary/aromatic N) is 3. The van der Waals surface area contributed by atoms with E-state index < -0.39 is 6.10 Å². The van der Waals surface area contributed by atoms with Gasteiger partial charge in [-0.05, 0) is 36.0 Å². The number of hydrogen-bond acceptors (Lipinski definition) is 8. The zero-order valence-corrected chi connectivity index (χ0v) is 20.5. The average Bonchev–Trinajstić information content (AvgIpc) is 3.25. The number of hydrogen-bond donors (Lipinski definition) is 4. The highest BCUT2D eigenvalue weighted by molar-refractivity contribution is 6.99. The summed E-state index contributed by atoms with van der Waals surface area (Å²) >= 11 is 1.06. The van der Waals surface area contributed by atoms with Crippen LogP contribution in [-0.4, -0.2) is 49.0 Å². The van der Waals surface area contributed by atoms with Gasteiger partial charge >= 0.3 is 0 Å². The zero-order chi connectivity index (χ0) is 24.3. The van der Waals surface area contributed by atoms with Gasteiger partial charge in [-0.3, -0.25) is 4.79 Å². The largest absolute Gasteiger partial charge is 0.505 e. The minimum Gasteiger partial charge on any atom is -0.505 e. The molecular weight excluding hydrogens is 450 g/mol. The average molecular weight is 482 g/mol. The van der Waals surface area contributed by atoms with Gasteiger partial charge in [0.05, 0.1) is 35.1 Å². The normalized spacial score (nSPS) is 17.3. The molecule has 0 saturated carbocycles. The molecule has 4 rings (SSSR count). The van der Waals surface area contributed by atoms with E-state index in [4.69, 9.17) is 0 Å². The van der Waals surface area contributed by atoms with Crippen LogP contribution in [0.15, 0.2) is 48.5 Å². The number of carbonyl (C=O) groups is 1. The van der Waals surface area contributed by atoms with Gasteiger partial charge in [-0.15, -0.1) is 0 Å². The summed E-state index contributed by atoms with van der Waals surface area (Å²) < 4.78 is 8.81. The molecule has 0 bridgehead atoms. The Bertz CT molecular complexity index is 1130. The first-order chi connectivity index (χ1) is 16.2. The number of likely N-dealkylation sites (tertiary alicyclic amines) is 1. The molecule has 0 spiro atoms. The van der Waals surface area contributed by atoms with Gasteiger partial charge in [-0.25, -0.2) is 0 Å². The van der Waals surface area contributed by atoms with Crippen LogP contribution in [0.1, 0.15) is 55.6 Å². The lowest BCUT2D eigenvalue weighted by Gasteiger charge is -2.32. The Hall–Kier alpha value is -3.17. The molecule has 1 saturated heterocycles. The number of β-amino-alcohol motifs (C(OH)–C–C–N with tert-alkyl or cyclic N) is 1. The number of phenols is 1. The molecular formula is C25H31N5O3S. The van der Waals surface area contributed by atoms with E-state index in [0.29, 0.717) is 30.3 Å². The van der Waals surface area contributed by atoms with Gasteiger partial charge in [0, 0.05) is 13.1 Å². The van der Waals surface area contributed by atoms with Crippen molar-refractivity contribution in [3.05, 3.63) is 59.7 Å². The summed E-state index contributed by atoms with van der Waals surface area (Å²) in [5.41, 5.74) is 1.59. The molecule has 2 heterocycles. The number of rotatable bonds is 6. The van der Waals surface area contributed by atoms with Gasteiger partial charge in [0.1, 0.15) is 0 Å². The summed E-state index contributed by atoms with van der Waals surface area (Å²) in [5.74, 6) is 0.598. The fourth-order valence-electron chi connectivity index (χ4n) is 4.20. The molecule has 2 atom stereocenters. The van der Waals surface area contributed by atoms with Crippen LogP contribution in [-0.2, 0) is 0 Å². The van der Waals surface area contributed by atoms with Crippen LogP contribution in [0.3, 0.4) is 0 Å². The molecule has 9 heteroatoms. The van der Waals surface area contributed by atoms with Crippen LogP contribution in [0.4, 0.5) is 17.3 Å². The summed E-state index contributed by atoms with van der Waals surface area (Å²) in [4.78, 5) is 14.6. The van der Waals surface area contributed by atoms with Crippen molar-refractivity contribution in [3.8, 4) is 5.75 Å². The molecule has 0 radical (unpaired) electrons. The second kappa shape index (κ2) is 9.99. The quantitative estimate of drug-likeness (QED) is 0.375. The van der Waals surface area contributed by atoms with Gasteiger partial charge in [0.25, 0.3) is 5.91 Å². The van der Waals surface area contributed by atoms with E-state index in [0.717, 1.165) is 23.7 Å². The van der Waals surface area contributed by atoms with Crippen LogP contribution < -0.4 is 10.6 Å². The van der Waals surface area contributed by atoms with Crippen LogP contribution in [0, 0.1) is 5.41 Å². The Morgan fingerprint density at radius 1 is 1.12 bits per heavy atom. The molecule has 1 amide bonds. The highest BCUT2D eigenvalue weighted by Crippen LogP contribution is 2.38. The first kappa shape index (κ1) is 24.0. The molecule has 0 aliphatic carbocycles. The molecule has 1 aromatic heterocycles. The van der Waals surface area contributed by atoms with Crippen molar-refractivity contribution >= 4 is 35.0 Å². The number of piperidine rings is 1. The number of amides is 1. The zero-order valence-electron chi connectivity index (χ0n) is 19.7. The maximum absolute atomic E-state index is 13.0. The second-order valence-electron chi connectivity index (χ2n) is 9.69. The topological polar surface area (TPSA) is 111 Å². The van der Waals surface area contributed by atoms with Crippen LogP contribution in [0.5, 0.6) is 5.75 Å². The van der Waals surface area contributed by atoms with Crippen molar-refractivity contribution in [1.82, 2.24) is 13.6 Å². The number of aromatic nitrogens is 2. The van der Waals surface area contributed by atoms with E-state index in [2.05, 4.69) is 52.3 Å². The Morgan fingerprint density at radius 2 is 1.85 bits per heavy atom. The minimum absolute atomic E-state index is 0.0230. The third-order valence-corrected chi connectivity index (χ3v) is 6.50. The second-order valence-corrected chi connectivity index (χ2v) is 10.2. The van der Waals surface area contributed by atoms with E-state index in [1.165, 1.54) is 0 Å². The molecule has 2 unspecified atom stereocenters. The van der Waals surface area contributed by atoms with Gasteiger partial charge < -0.3 is 25.7 Å². The SMILES string of the molecule is CC(C)(C)C(Nc1nsnc1Nc1cccc(C(=O)N2CCCC(O)C2)c1O)c1ccccc1. The molecule has 34 heavy (non-hydrogen) atoms. The molecule has 180 valence electrons. The molecule has 3 aromatic rings. The summed E-state index contributed by atoms with van der Waals surface area (Å²) in [5, 5.41) is 27.5. The van der Waals surface area contributed by atoms with Gasteiger partial charge in [-0.1, -0.05) is 57.2 Å². The highest BCUT2D eigenvalue weighted by atomic mass is 32.1. The number of aliphatic hydroxyl groups is 1. The summed E-state index contributed by atoms with van der Waals surface area (Å²) in [6.45, 7) is 7.30. The smallest absolute Gasteiger partial charge is 0.257 e. The maximum Gasteiger partial charge on any atom is 0.257 e. The van der Waals surface area contributed by atoms with Gasteiger partial charge in [0.15, 0.2) is 17.4 Å². The lowest BCUT2D eigenvalue weighted by Crippen LogP contribution is -2.42. The predicted molar refractivity (Wildman–Crippen MR) is 135 cm³/mol. The number of phenolic OH excluding ortho intramolecular Hbond substituents is 1. The standard InChI is InChI=1S/C25H31N5O3S/c1-25(2,3)21(16-9-5-4-6-10-16)27-23-22(28-34-29-23)26-19-13-7-12-18(20(19)32)24(33)30-14-8-11-17(31)15-30/h4-7,9-10,12-13,17,21,31-32H,8,11,14-15H2,1-3H3,(H,26,28)(H,27,29). The number of anilines is 3. The number of nitrogens with one attached hydrogen (secondary N) is 2. The Morgan fingerprint density at radius 3 is 2.56 bits per heavy atom. The monoisotopic (exact) mass is 481 g/mol. The Balaban J connectivity index is 1.56. The number of carbonyl (C=O) groups excluding carboxylic acids is 1. The molecule has 1 aliphatic rings. The molecule has 8 nitrogen and oxygen atoms in total. The number of para-hydroxylation sites is 1. The first-order valence-corrected chi connectivity index (χ1v) is 12.2. The van der Waals surface area contributed by atoms with Crippen molar-refractivity contribution in [1.29, 1.82) is 0 Å². The lowest BCUT2D eigenvalue weighted by molar-refractivity contribution is 0.0471. The van der Waals surface area contributed by atoms with Crippen molar-refractivity contribution in [2.75, 3.05) is 23.7 Å². The third-order valence-electron chi connectivity index (χ3n) is 5.97. The number of benzene rings is 2. The first-order valence-electron chi connectivity index (χ1n) is 11.4. The fourth-order valence-corrected chi connectivity index (χ4v) is 4.68. The van der Waals surface area contributed by atoms with E-state index in [9.17, 15) is 15.0 Å². The van der Waals surface area contributed by atoms with Crippen LogP contribution in [0.2, 0.25) is 0 Å². The van der Waals surface area contributed by atoms with E-state index in [-0.39, 0.29) is 35.2 Å². The Labute approximate surface area is 204 Å². The summed E-state index contributed by atoms with van der Waals surface area (Å²) in [6, 6.07) is 15.1.